The van der Waals surface area contributed by atoms with Gasteiger partial charge in [-0.05, 0) is 49.9 Å². The highest BCUT2D eigenvalue weighted by Gasteiger charge is 2.61. The Hall–Kier alpha value is -0.650. The molecule has 0 aromatic heterocycles. The first-order valence-corrected chi connectivity index (χ1v) is 10.1. The van der Waals surface area contributed by atoms with Crippen LogP contribution >= 0.6 is 0 Å². The Morgan fingerprint density at radius 2 is 1.67 bits per heavy atom. The molecule has 0 N–H and O–H groups in total. The van der Waals surface area contributed by atoms with E-state index >= 15 is 0 Å². The van der Waals surface area contributed by atoms with E-state index in [0.29, 0.717) is 17.9 Å². The SMILES string of the molecule is O=C1[C@@H]2[C@H]3CC[C@@H](C3)[C@H]2N1CN1CCC(CN2CCOCC2)CC1. The van der Waals surface area contributed by atoms with E-state index in [0.717, 1.165) is 50.7 Å². The number of rotatable bonds is 4. The number of hydrogen-bond acceptors (Lipinski definition) is 4. The van der Waals surface area contributed by atoms with E-state index in [9.17, 15) is 4.79 Å². The summed E-state index contributed by atoms with van der Waals surface area (Å²) in [7, 11) is 0. The third kappa shape index (κ3) is 2.60. The fraction of sp³-hybridized carbons (Fsp3) is 0.947. The quantitative estimate of drug-likeness (QED) is 0.726. The van der Waals surface area contributed by atoms with E-state index in [1.807, 2.05) is 0 Å². The molecule has 5 aliphatic rings. The number of ether oxygens (including phenoxy) is 1. The summed E-state index contributed by atoms with van der Waals surface area (Å²) in [6.45, 7) is 8.51. The van der Waals surface area contributed by atoms with E-state index in [1.54, 1.807) is 0 Å². The van der Waals surface area contributed by atoms with Crippen LogP contribution in [0.1, 0.15) is 32.1 Å². The maximum absolute atomic E-state index is 12.5. The van der Waals surface area contributed by atoms with Crippen LogP contribution in [0.25, 0.3) is 0 Å². The molecule has 5 nitrogen and oxygen atoms in total. The molecule has 2 saturated carbocycles. The van der Waals surface area contributed by atoms with Crippen LogP contribution in [0.2, 0.25) is 0 Å². The molecule has 0 unspecified atom stereocenters. The second kappa shape index (κ2) is 6.26. The van der Waals surface area contributed by atoms with Crippen LogP contribution < -0.4 is 0 Å². The summed E-state index contributed by atoms with van der Waals surface area (Å²) in [5.74, 6) is 3.30. The van der Waals surface area contributed by atoms with Gasteiger partial charge in [-0.1, -0.05) is 0 Å². The predicted molar refractivity (Wildman–Crippen MR) is 91.4 cm³/mol. The van der Waals surface area contributed by atoms with Crippen molar-refractivity contribution in [2.75, 3.05) is 52.6 Å². The van der Waals surface area contributed by atoms with Gasteiger partial charge in [0.05, 0.1) is 25.8 Å². The third-order valence-corrected chi connectivity index (χ3v) is 7.48. The Morgan fingerprint density at radius 3 is 2.46 bits per heavy atom. The smallest absolute Gasteiger partial charge is 0.229 e. The average molecular weight is 333 g/mol. The van der Waals surface area contributed by atoms with E-state index in [2.05, 4.69) is 14.7 Å². The molecule has 1 amide bonds. The number of carbonyl (C=O) groups excluding carboxylic acids is 1. The monoisotopic (exact) mass is 333 g/mol. The minimum atomic E-state index is 0.419. The van der Waals surface area contributed by atoms with E-state index in [-0.39, 0.29) is 0 Å². The second-order valence-electron chi connectivity index (χ2n) is 8.77. The Bertz CT molecular complexity index is 485. The number of hydrogen-bond donors (Lipinski definition) is 0. The zero-order valence-electron chi connectivity index (χ0n) is 14.7. The van der Waals surface area contributed by atoms with E-state index in [1.165, 1.54) is 51.7 Å². The average Bonchev–Trinajstić information content (AvgIpc) is 3.20. The summed E-state index contributed by atoms with van der Waals surface area (Å²) in [5, 5.41) is 0. The molecular weight excluding hydrogens is 302 g/mol. The maximum atomic E-state index is 12.5. The first-order valence-electron chi connectivity index (χ1n) is 10.1. The molecule has 3 aliphatic heterocycles. The second-order valence-corrected chi connectivity index (χ2v) is 8.77. The van der Waals surface area contributed by atoms with Gasteiger partial charge in [-0.2, -0.15) is 0 Å². The molecule has 134 valence electrons. The summed E-state index contributed by atoms with van der Waals surface area (Å²) < 4.78 is 5.45. The molecule has 3 heterocycles. The lowest BCUT2D eigenvalue weighted by atomic mass is 9.76. The molecule has 2 aliphatic carbocycles. The molecule has 5 fully saturated rings. The number of morpholine rings is 1. The summed E-state index contributed by atoms with van der Waals surface area (Å²) >= 11 is 0. The van der Waals surface area contributed by atoms with Crippen LogP contribution in [0.5, 0.6) is 0 Å². The highest BCUT2D eigenvalue weighted by Crippen LogP contribution is 2.56. The third-order valence-electron chi connectivity index (χ3n) is 7.48. The molecule has 0 aromatic carbocycles. The van der Waals surface area contributed by atoms with Crippen molar-refractivity contribution < 1.29 is 9.53 Å². The van der Waals surface area contributed by atoms with Gasteiger partial charge in [0.1, 0.15) is 0 Å². The Balaban J connectivity index is 1.09. The lowest BCUT2D eigenvalue weighted by Gasteiger charge is -2.51. The molecule has 2 bridgehead atoms. The minimum absolute atomic E-state index is 0.419. The van der Waals surface area contributed by atoms with Gasteiger partial charge >= 0.3 is 0 Å². The van der Waals surface area contributed by atoms with Gasteiger partial charge in [0, 0.05) is 38.8 Å². The number of likely N-dealkylation sites (tertiary alicyclic amines) is 2. The van der Waals surface area contributed by atoms with Crippen LogP contribution in [0.3, 0.4) is 0 Å². The standard InChI is InChI=1S/C19H31N3O2/c23-19-17-15-1-2-16(11-15)18(17)22(19)13-21-5-3-14(4-6-21)12-20-7-9-24-10-8-20/h14-18H,1-13H2/t15-,16-,17+,18+/m0/s1. The van der Waals surface area contributed by atoms with Gasteiger partial charge in [0.15, 0.2) is 0 Å². The predicted octanol–water partition coefficient (Wildman–Crippen LogP) is 1.25. The van der Waals surface area contributed by atoms with Gasteiger partial charge in [0.2, 0.25) is 5.91 Å². The first kappa shape index (κ1) is 15.6. The molecule has 4 atom stereocenters. The van der Waals surface area contributed by atoms with E-state index in [4.69, 9.17) is 4.74 Å². The van der Waals surface area contributed by atoms with Crippen molar-refractivity contribution in [1.82, 2.24) is 14.7 Å². The molecule has 5 heteroatoms. The van der Waals surface area contributed by atoms with Crippen molar-refractivity contribution in [2.45, 2.75) is 38.1 Å². The normalized spacial score (nSPS) is 40.8. The number of amides is 1. The molecule has 3 saturated heterocycles. The van der Waals surface area contributed by atoms with Crippen molar-refractivity contribution >= 4 is 5.91 Å². The number of β-lactam (4-membered cyclic amide) rings is 1. The minimum Gasteiger partial charge on any atom is -0.379 e. The summed E-state index contributed by atoms with van der Waals surface area (Å²) in [6, 6.07) is 0.613. The fourth-order valence-corrected chi connectivity index (χ4v) is 6.15. The molecule has 24 heavy (non-hydrogen) atoms. The lowest BCUT2D eigenvalue weighted by Crippen LogP contribution is -2.65. The lowest BCUT2D eigenvalue weighted by molar-refractivity contribution is -0.165. The zero-order valence-corrected chi connectivity index (χ0v) is 14.7. The largest absolute Gasteiger partial charge is 0.379 e. The highest BCUT2D eigenvalue weighted by molar-refractivity contribution is 5.87. The van der Waals surface area contributed by atoms with Crippen LogP contribution in [0.15, 0.2) is 0 Å². The van der Waals surface area contributed by atoms with Crippen molar-refractivity contribution in [1.29, 1.82) is 0 Å². The Kier molecular flexibility index (Phi) is 4.07. The summed E-state index contributed by atoms with van der Waals surface area (Å²) in [6.07, 6.45) is 6.61. The van der Waals surface area contributed by atoms with Gasteiger partial charge in [-0.15, -0.1) is 0 Å². The number of carbonyl (C=O) groups is 1. The van der Waals surface area contributed by atoms with Crippen LogP contribution in [-0.4, -0.2) is 79.3 Å². The first-order chi connectivity index (χ1) is 11.8. The van der Waals surface area contributed by atoms with Gasteiger partial charge in [-0.3, -0.25) is 14.6 Å². The maximum Gasteiger partial charge on any atom is 0.229 e. The fourth-order valence-electron chi connectivity index (χ4n) is 6.15. The number of fused-ring (bicyclic) bond motifs is 5. The van der Waals surface area contributed by atoms with Crippen molar-refractivity contribution in [2.24, 2.45) is 23.7 Å². The van der Waals surface area contributed by atoms with Crippen molar-refractivity contribution in [3.05, 3.63) is 0 Å². The highest BCUT2D eigenvalue weighted by atomic mass is 16.5. The Morgan fingerprint density at radius 1 is 0.917 bits per heavy atom. The zero-order chi connectivity index (χ0) is 16.1. The van der Waals surface area contributed by atoms with Gasteiger partial charge in [-0.25, -0.2) is 0 Å². The molecular formula is C19H31N3O2. The van der Waals surface area contributed by atoms with Crippen molar-refractivity contribution in [3.63, 3.8) is 0 Å². The summed E-state index contributed by atoms with van der Waals surface area (Å²) in [4.78, 5) is 19.9. The van der Waals surface area contributed by atoms with E-state index < -0.39 is 0 Å². The summed E-state index contributed by atoms with van der Waals surface area (Å²) in [5.41, 5.74) is 0. The topological polar surface area (TPSA) is 36.0 Å². The number of piperidine rings is 1. The molecule has 0 aromatic rings. The Labute approximate surface area is 145 Å². The number of nitrogens with zero attached hydrogens (tertiary/aromatic N) is 3. The molecule has 0 radical (unpaired) electrons. The van der Waals surface area contributed by atoms with Crippen LogP contribution in [-0.2, 0) is 9.53 Å². The molecule has 0 spiro atoms. The van der Waals surface area contributed by atoms with Gasteiger partial charge < -0.3 is 9.64 Å². The van der Waals surface area contributed by atoms with Crippen LogP contribution in [0, 0.1) is 23.7 Å². The van der Waals surface area contributed by atoms with Crippen LogP contribution in [0.4, 0.5) is 0 Å². The van der Waals surface area contributed by atoms with Crippen molar-refractivity contribution in [3.8, 4) is 0 Å². The molecule has 5 rings (SSSR count). The van der Waals surface area contributed by atoms with Gasteiger partial charge in [0.25, 0.3) is 0 Å².